The van der Waals surface area contributed by atoms with Crippen LogP contribution in [0.4, 0.5) is 5.69 Å². The third kappa shape index (κ3) is 4.56. The van der Waals surface area contributed by atoms with Gasteiger partial charge in [0.25, 0.3) is 10.0 Å². The van der Waals surface area contributed by atoms with E-state index in [1.807, 2.05) is 6.92 Å². The molecule has 1 aliphatic rings. The number of sulfonamides is 1. The summed E-state index contributed by atoms with van der Waals surface area (Å²) in [5.41, 5.74) is 0.360. The number of rotatable bonds is 7. The minimum Gasteiger partial charge on any atom is -0.494 e. The summed E-state index contributed by atoms with van der Waals surface area (Å²) < 4.78 is 44.3. The molecule has 0 fully saturated rings. The number of carbonyl (C=O) groups excluding carboxylic acids is 1. The molecule has 0 aliphatic carbocycles. The summed E-state index contributed by atoms with van der Waals surface area (Å²) in [5.74, 6) is 1.13. The summed E-state index contributed by atoms with van der Waals surface area (Å²) in [6.45, 7) is 2.78. The lowest BCUT2D eigenvalue weighted by atomic mass is 10.3. The Hall–Kier alpha value is -2.94. The van der Waals surface area contributed by atoms with Gasteiger partial charge < -0.3 is 19.1 Å². The summed E-state index contributed by atoms with van der Waals surface area (Å²) in [5, 5.41) is 0. The van der Waals surface area contributed by atoms with E-state index in [4.69, 9.17) is 14.2 Å². The van der Waals surface area contributed by atoms with E-state index in [0.717, 1.165) is 4.31 Å². The second-order valence-corrected chi connectivity index (χ2v) is 8.39. The van der Waals surface area contributed by atoms with Gasteiger partial charge in [-0.3, -0.25) is 9.10 Å². The van der Waals surface area contributed by atoms with Crippen LogP contribution in [0.3, 0.4) is 0 Å². The summed E-state index contributed by atoms with van der Waals surface area (Å²) in [6.07, 6.45) is 0. The van der Waals surface area contributed by atoms with Crippen molar-refractivity contribution < 1.29 is 27.4 Å². The molecule has 9 heteroatoms. The number of hydrogen-bond donors (Lipinski definition) is 0. The maximum Gasteiger partial charge on any atom is 0.264 e. The molecule has 0 N–H and O–H groups in total. The Morgan fingerprint density at radius 1 is 1.03 bits per heavy atom. The van der Waals surface area contributed by atoms with Gasteiger partial charge in [0.2, 0.25) is 5.91 Å². The maximum absolute atomic E-state index is 13.4. The van der Waals surface area contributed by atoms with Gasteiger partial charge in [-0.05, 0) is 43.3 Å². The average molecular weight is 420 g/mol. The second kappa shape index (κ2) is 8.60. The van der Waals surface area contributed by atoms with Crippen molar-refractivity contribution in [2.45, 2.75) is 11.8 Å². The van der Waals surface area contributed by atoms with Crippen LogP contribution in [0.5, 0.6) is 17.2 Å². The van der Waals surface area contributed by atoms with E-state index >= 15 is 0 Å². The first kappa shape index (κ1) is 20.8. The number of amides is 1. The van der Waals surface area contributed by atoms with E-state index in [1.165, 1.54) is 17.0 Å². The molecule has 0 unspecified atom stereocenters. The average Bonchev–Trinajstić information content (AvgIpc) is 2.72. The largest absolute Gasteiger partial charge is 0.494 e. The van der Waals surface area contributed by atoms with Gasteiger partial charge in [0.15, 0.2) is 11.5 Å². The molecule has 29 heavy (non-hydrogen) atoms. The third-order valence-electron chi connectivity index (χ3n) is 4.32. The van der Waals surface area contributed by atoms with Gasteiger partial charge in [0.1, 0.15) is 25.5 Å². The van der Waals surface area contributed by atoms with E-state index in [2.05, 4.69) is 0 Å². The Bertz CT molecular complexity index is 973. The van der Waals surface area contributed by atoms with E-state index in [-0.39, 0.29) is 17.3 Å². The summed E-state index contributed by atoms with van der Waals surface area (Å²) in [7, 11) is -0.874. The van der Waals surface area contributed by atoms with Crippen LogP contribution in [0.2, 0.25) is 0 Å². The van der Waals surface area contributed by atoms with Crippen molar-refractivity contribution in [3.8, 4) is 17.2 Å². The monoisotopic (exact) mass is 420 g/mol. The normalized spacial score (nSPS) is 12.9. The molecule has 0 saturated heterocycles. The molecule has 0 bridgehead atoms. The molecule has 1 amide bonds. The smallest absolute Gasteiger partial charge is 0.264 e. The molecular formula is C20H24N2O6S. The molecule has 0 radical (unpaired) electrons. The lowest BCUT2D eigenvalue weighted by Crippen LogP contribution is -2.40. The van der Waals surface area contributed by atoms with Gasteiger partial charge in [-0.25, -0.2) is 8.42 Å². The van der Waals surface area contributed by atoms with Gasteiger partial charge in [0, 0.05) is 20.2 Å². The molecular weight excluding hydrogens is 396 g/mol. The van der Waals surface area contributed by atoms with Crippen LogP contribution in [0.15, 0.2) is 47.4 Å². The molecule has 0 atom stereocenters. The first-order chi connectivity index (χ1) is 13.8. The van der Waals surface area contributed by atoms with Crippen molar-refractivity contribution in [1.29, 1.82) is 0 Å². The first-order valence-corrected chi connectivity index (χ1v) is 10.6. The Labute approximate surface area is 170 Å². The number of hydrogen-bond acceptors (Lipinski definition) is 6. The summed E-state index contributed by atoms with van der Waals surface area (Å²) >= 11 is 0. The van der Waals surface area contributed by atoms with Gasteiger partial charge in [0.05, 0.1) is 17.2 Å². The molecule has 2 aromatic rings. The molecule has 0 saturated carbocycles. The van der Waals surface area contributed by atoms with Gasteiger partial charge >= 0.3 is 0 Å². The van der Waals surface area contributed by atoms with Crippen LogP contribution in [-0.4, -0.2) is 59.7 Å². The summed E-state index contributed by atoms with van der Waals surface area (Å²) in [6, 6.07) is 11.0. The minimum atomic E-state index is -4.03. The van der Waals surface area contributed by atoms with Crippen molar-refractivity contribution >= 4 is 21.6 Å². The number of likely N-dealkylation sites (N-methyl/N-ethyl adjacent to an activating group) is 1. The SMILES string of the molecule is CCOc1ccc(N(CC(=O)N(C)C)S(=O)(=O)c2ccc3c(c2)OCCO3)cc1. The number of benzene rings is 2. The van der Waals surface area contributed by atoms with Gasteiger partial charge in [-0.1, -0.05) is 0 Å². The quantitative estimate of drug-likeness (QED) is 0.682. The third-order valence-corrected chi connectivity index (χ3v) is 6.08. The van der Waals surface area contributed by atoms with Crippen LogP contribution in [0.1, 0.15) is 6.92 Å². The molecule has 156 valence electrons. The predicted molar refractivity (Wildman–Crippen MR) is 108 cm³/mol. The van der Waals surface area contributed by atoms with Gasteiger partial charge in [-0.15, -0.1) is 0 Å². The van der Waals surface area contributed by atoms with Crippen molar-refractivity contribution in [3.05, 3.63) is 42.5 Å². The highest BCUT2D eigenvalue weighted by molar-refractivity contribution is 7.92. The van der Waals surface area contributed by atoms with Crippen LogP contribution in [0.25, 0.3) is 0 Å². The molecule has 0 aromatic heterocycles. The van der Waals surface area contributed by atoms with Crippen LogP contribution >= 0.6 is 0 Å². The number of ether oxygens (including phenoxy) is 3. The zero-order valence-electron chi connectivity index (χ0n) is 16.6. The fourth-order valence-corrected chi connectivity index (χ4v) is 4.20. The van der Waals surface area contributed by atoms with Gasteiger partial charge in [-0.2, -0.15) is 0 Å². The molecule has 1 aliphatic heterocycles. The zero-order chi connectivity index (χ0) is 21.0. The second-order valence-electron chi connectivity index (χ2n) is 6.53. The van der Waals surface area contributed by atoms with Crippen molar-refractivity contribution in [2.75, 3.05) is 44.8 Å². The van der Waals surface area contributed by atoms with Crippen molar-refractivity contribution in [3.63, 3.8) is 0 Å². The molecule has 2 aromatic carbocycles. The highest BCUT2D eigenvalue weighted by Gasteiger charge is 2.29. The highest BCUT2D eigenvalue weighted by atomic mass is 32.2. The Morgan fingerprint density at radius 2 is 1.69 bits per heavy atom. The predicted octanol–water partition coefficient (Wildman–Crippen LogP) is 2.14. The van der Waals surface area contributed by atoms with E-state index in [0.29, 0.717) is 42.8 Å². The van der Waals surface area contributed by atoms with Crippen molar-refractivity contribution in [1.82, 2.24) is 4.90 Å². The Morgan fingerprint density at radius 3 is 2.31 bits per heavy atom. The maximum atomic E-state index is 13.4. The van der Waals surface area contributed by atoms with Crippen LogP contribution < -0.4 is 18.5 Å². The fraction of sp³-hybridized carbons (Fsp3) is 0.350. The number of anilines is 1. The number of carbonyl (C=O) groups is 1. The van der Waals surface area contributed by atoms with Crippen LogP contribution in [-0.2, 0) is 14.8 Å². The summed E-state index contributed by atoms with van der Waals surface area (Å²) in [4.78, 5) is 13.7. The minimum absolute atomic E-state index is 0.0159. The van der Waals surface area contributed by atoms with E-state index < -0.39 is 10.0 Å². The van der Waals surface area contributed by atoms with Crippen molar-refractivity contribution in [2.24, 2.45) is 0 Å². The molecule has 1 heterocycles. The lowest BCUT2D eigenvalue weighted by Gasteiger charge is -2.26. The number of fused-ring (bicyclic) bond motifs is 1. The standard InChI is InChI=1S/C20H24N2O6S/c1-4-26-16-7-5-15(6-8-16)22(14-20(23)21(2)3)29(24,25)17-9-10-18-19(13-17)28-12-11-27-18/h5-10,13H,4,11-12,14H2,1-3H3. The Balaban J connectivity index is 2.00. The zero-order valence-corrected chi connectivity index (χ0v) is 17.4. The lowest BCUT2D eigenvalue weighted by molar-refractivity contribution is -0.127. The molecule has 0 spiro atoms. The van der Waals surface area contributed by atoms with Crippen LogP contribution in [0, 0.1) is 0 Å². The fourth-order valence-electron chi connectivity index (χ4n) is 2.77. The molecule has 8 nitrogen and oxygen atoms in total. The first-order valence-electron chi connectivity index (χ1n) is 9.18. The van der Waals surface area contributed by atoms with E-state index in [9.17, 15) is 13.2 Å². The number of nitrogens with zero attached hydrogens (tertiary/aromatic N) is 2. The molecule has 3 rings (SSSR count). The van der Waals surface area contributed by atoms with E-state index in [1.54, 1.807) is 44.4 Å². The Kier molecular flexibility index (Phi) is 6.17. The highest BCUT2D eigenvalue weighted by Crippen LogP contribution is 2.34. The topological polar surface area (TPSA) is 85.4 Å².